The molecule has 0 saturated heterocycles. The SMILES string of the molecule is CCc1ccc(C(C)=O)c(OC)c1OC. The van der Waals surface area contributed by atoms with Crippen LogP contribution in [-0.4, -0.2) is 20.0 Å². The molecule has 0 aliphatic heterocycles. The van der Waals surface area contributed by atoms with Crippen LogP contribution in [0.1, 0.15) is 29.8 Å². The number of Topliss-reactive ketones (excluding diaryl/α,β-unsaturated/α-hetero) is 1. The van der Waals surface area contributed by atoms with Crippen molar-refractivity contribution in [3.8, 4) is 11.5 Å². The Bertz CT molecular complexity index is 369. The molecule has 0 atom stereocenters. The topological polar surface area (TPSA) is 35.5 Å². The molecule has 15 heavy (non-hydrogen) atoms. The van der Waals surface area contributed by atoms with E-state index < -0.39 is 0 Å². The van der Waals surface area contributed by atoms with Gasteiger partial charge >= 0.3 is 0 Å². The number of carbonyl (C=O) groups is 1. The number of aryl methyl sites for hydroxylation is 1. The summed E-state index contributed by atoms with van der Waals surface area (Å²) in [5.41, 5.74) is 1.60. The normalized spacial score (nSPS) is 9.87. The van der Waals surface area contributed by atoms with Gasteiger partial charge in [0.05, 0.1) is 19.8 Å². The third-order valence-corrected chi connectivity index (χ3v) is 2.36. The number of rotatable bonds is 4. The fraction of sp³-hybridized carbons (Fsp3) is 0.417. The highest BCUT2D eigenvalue weighted by Gasteiger charge is 2.16. The molecule has 0 aromatic heterocycles. The summed E-state index contributed by atoms with van der Waals surface area (Å²) < 4.78 is 10.5. The van der Waals surface area contributed by atoms with E-state index in [2.05, 4.69) is 0 Å². The standard InChI is InChI=1S/C12H16O3/c1-5-9-6-7-10(8(2)13)12(15-4)11(9)14-3/h6-7H,5H2,1-4H3. The summed E-state index contributed by atoms with van der Waals surface area (Å²) in [4.78, 5) is 11.4. The molecule has 0 unspecified atom stereocenters. The average molecular weight is 208 g/mol. The van der Waals surface area contributed by atoms with Crippen molar-refractivity contribution in [2.45, 2.75) is 20.3 Å². The highest BCUT2D eigenvalue weighted by molar-refractivity contribution is 5.97. The van der Waals surface area contributed by atoms with E-state index in [9.17, 15) is 4.79 Å². The minimum atomic E-state index is -0.0206. The van der Waals surface area contributed by atoms with Gasteiger partial charge in [-0.25, -0.2) is 0 Å². The quantitative estimate of drug-likeness (QED) is 0.713. The van der Waals surface area contributed by atoms with Crippen LogP contribution in [0.25, 0.3) is 0 Å². The molecular formula is C12H16O3. The third-order valence-electron chi connectivity index (χ3n) is 2.36. The molecule has 0 aliphatic rings. The maximum absolute atomic E-state index is 11.4. The maximum Gasteiger partial charge on any atom is 0.171 e. The summed E-state index contributed by atoms with van der Waals surface area (Å²) in [7, 11) is 3.13. The van der Waals surface area contributed by atoms with Crippen LogP contribution in [0.3, 0.4) is 0 Å². The van der Waals surface area contributed by atoms with E-state index in [0.29, 0.717) is 17.1 Å². The lowest BCUT2D eigenvalue weighted by Gasteiger charge is -2.14. The van der Waals surface area contributed by atoms with Gasteiger partial charge in [-0.05, 0) is 25.0 Å². The van der Waals surface area contributed by atoms with Crippen LogP contribution in [0.2, 0.25) is 0 Å². The lowest BCUT2D eigenvalue weighted by molar-refractivity contribution is 0.101. The molecule has 3 heteroatoms. The first-order chi connectivity index (χ1) is 7.15. The third kappa shape index (κ3) is 2.12. The van der Waals surface area contributed by atoms with Gasteiger partial charge in [-0.15, -0.1) is 0 Å². The number of carbonyl (C=O) groups excluding carboxylic acids is 1. The number of hydrogen-bond donors (Lipinski definition) is 0. The van der Waals surface area contributed by atoms with E-state index in [1.165, 1.54) is 6.92 Å². The fourth-order valence-electron chi connectivity index (χ4n) is 1.59. The van der Waals surface area contributed by atoms with Crippen molar-refractivity contribution in [1.82, 2.24) is 0 Å². The zero-order valence-corrected chi connectivity index (χ0v) is 9.59. The highest BCUT2D eigenvalue weighted by atomic mass is 16.5. The van der Waals surface area contributed by atoms with Gasteiger partial charge < -0.3 is 9.47 Å². The monoisotopic (exact) mass is 208 g/mol. The van der Waals surface area contributed by atoms with Crippen molar-refractivity contribution in [2.75, 3.05) is 14.2 Å². The predicted octanol–water partition coefficient (Wildman–Crippen LogP) is 2.47. The molecule has 1 rings (SSSR count). The lowest BCUT2D eigenvalue weighted by Crippen LogP contribution is -2.02. The molecule has 1 aromatic carbocycles. The van der Waals surface area contributed by atoms with Crippen molar-refractivity contribution in [3.05, 3.63) is 23.3 Å². The second-order valence-corrected chi connectivity index (χ2v) is 3.25. The Morgan fingerprint density at radius 1 is 1.20 bits per heavy atom. The van der Waals surface area contributed by atoms with Crippen molar-refractivity contribution in [3.63, 3.8) is 0 Å². The number of hydrogen-bond acceptors (Lipinski definition) is 3. The van der Waals surface area contributed by atoms with E-state index in [-0.39, 0.29) is 5.78 Å². The number of ketones is 1. The zero-order valence-electron chi connectivity index (χ0n) is 9.59. The maximum atomic E-state index is 11.4. The first-order valence-corrected chi connectivity index (χ1v) is 4.90. The van der Waals surface area contributed by atoms with Crippen molar-refractivity contribution >= 4 is 5.78 Å². The molecule has 1 aromatic rings. The predicted molar refractivity (Wildman–Crippen MR) is 58.9 cm³/mol. The summed E-state index contributed by atoms with van der Waals surface area (Å²) in [6, 6.07) is 3.68. The molecule has 82 valence electrons. The van der Waals surface area contributed by atoms with Gasteiger partial charge in [0.1, 0.15) is 0 Å². The summed E-state index contributed by atoms with van der Waals surface area (Å²) in [6.07, 6.45) is 0.845. The minimum absolute atomic E-state index is 0.0206. The lowest BCUT2D eigenvalue weighted by atomic mass is 10.0. The van der Waals surface area contributed by atoms with Crippen LogP contribution in [-0.2, 0) is 6.42 Å². The second-order valence-electron chi connectivity index (χ2n) is 3.25. The fourth-order valence-corrected chi connectivity index (χ4v) is 1.59. The van der Waals surface area contributed by atoms with E-state index >= 15 is 0 Å². The van der Waals surface area contributed by atoms with Crippen LogP contribution in [0.5, 0.6) is 11.5 Å². The van der Waals surface area contributed by atoms with Gasteiger partial charge in [-0.1, -0.05) is 13.0 Å². The second kappa shape index (κ2) is 4.82. The van der Waals surface area contributed by atoms with Crippen molar-refractivity contribution < 1.29 is 14.3 Å². The molecule has 0 bridgehead atoms. The molecule has 0 heterocycles. The van der Waals surface area contributed by atoms with Gasteiger partial charge in [0, 0.05) is 0 Å². The van der Waals surface area contributed by atoms with Crippen LogP contribution in [0, 0.1) is 0 Å². The Morgan fingerprint density at radius 3 is 2.20 bits per heavy atom. The molecule has 0 N–H and O–H groups in total. The average Bonchev–Trinajstić information content (AvgIpc) is 2.26. The van der Waals surface area contributed by atoms with E-state index in [0.717, 1.165) is 12.0 Å². The van der Waals surface area contributed by atoms with Gasteiger partial charge in [0.2, 0.25) is 0 Å². The molecule has 0 spiro atoms. The zero-order chi connectivity index (χ0) is 11.4. The van der Waals surface area contributed by atoms with E-state index in [4.69, 9.17) is 9.47 Å². The van der Waals surface area contributed by atoms with Crippen molar-refractivity contribution in [2.24, 2.45) is 0 Å². The van der Waals surface area contributed by atoms with Crippen LogP contribution < -0.4 is 9.47 Å². The number of methoxy groups -OCH3 is 2. The van der Waals surface area contributed by atoms with Gasteiger partial charge in [-0.3, -0.25) is 4.79 Å². The smallest absolute Gasteiger partial charge is 0.171 e. The first kappa shape index (κ1) is 11.6. The van der Waals surface area contributed by atoms with E-state index in [1.54, 1.807) is 20.3 Å². The Labute approximate surface area is 90.0 Å². The van der Waals surface area contributed by atoms with E-state index in [1.807, 2.05) is 13.0 Å². The summed E-state index contributed by atoms with van der Waals surface area (Å²) in [6.45, 7) is 3.55. The molecular weight excluding hydrogens is 192 g/mol. The molecule has 0 aliphatic carbocycles. The number of ether oxygens (including phenoxy) is 2. The Kier molecular flexibility index (Phi) is 3.72. The van der Waals surface area contributed by atoms with Gasteiger partial charge in [-0.2, -0.15) is 0 Å². The molecule has 3 nitrogen and oxygen atoms in total. The summed E-state index contributed by atoms with van der Waals surface area (Å²) >= 11 is 0. The molecule has 0 radical (unpaired) electrons. The molecule has 0 fully saturated rings. The molecule has 0 amide bonds. The highest BCUT2D eigenvalue weighted by Crippen LogP contribution is 2.35. The summed E-state index contributed by atoms with van der Waals surface area (Å²) in [5.74, 6) is 1.17. The Balaban J connectivity index is 3.40. The van der Waals surface area contributed by atoms with Crippen LogP contribution in [0.15, 0.2) is 12.1 Å². The minimum Gasteiger partial charge on any atom is -0.493 e. The Morgan fingerprint density at radius 2 is 1.80 bits per heavy atom. The summed E-state index contributed by atoms with van der Waals surface area (Å²) in [5, 5.41) is 0. The largest absolute Gasteiger partial charge is 0.493 e. The van der Waals surface area contributed by atoms with Gasteiger partial charge in [0.25, 0.3) is 0 Å². The van der Waals surface area contributed by atoms with Crippen LogP contribution in [0.4, 0.5) is 0 Å². The van der Waals surface area contributed by atoms with Crippen LogP contribution >= 0.6 is 0 Å². The van der Waals surface area contributed by atoms with Gasteiger partial charge in [0.15, 0.2) is 17.3 Å². The Hall–Kier alpha value is -1.51. The molecule has 0 saturated carbocycles. The first-order valence-electron chi connectivity index (χ1n) is 4.90. The van der Waals surface area contributed by atoms with Crippen molar-refractivity contribution in [1.29, 1.82) is 0 Å². The number of benzene rings is 1.